The van der Waals surface area contributed by atoms with Gasteiger partial charge in [0.25, 0.3) is 5.69 Å². The van der Waals surface area contributed by atoms with Crippen molar-refractivity contribution >= 4 is 29.1 Å². The van der Waals surface area contributed by atoms with E-state index in [1.54, 1.807) is 29.8 Å². The molecule has 12 heteroatoms. The molecule has 1 aromatic carbocycles. The molecular formula is C22H27FN6O5. The number of ether oxygens (including phenoxy) is 1. The summed E-state index contributed by atoms with van der Waals surface area (Å²) in [6.07, 6.45) is 0.440. The highest BCUT2D eigenvalue weighted by Gasteiger charge is 2.33. The van der Waals surface area contributed by atoms with E-state index in [0.717, 1.165) is 5.69 Å². The first-order valence-corrected chi connectivity index (χ1v) is 11.0. The summed E-state index contributed by atoms with van der Waals surface area (Å²) < 4.78 is 22.0. The fourth-order valence-corrected chi connectivity index (χ4v) is 4.24. The van der Waals surface area contributed by atoms with Crippen LogP contribution in [-0.4, -0.2) is 71.8 Å². The summed E-state index contributed by atoms with van der Waals surface area (Å²) in [4.78, 5) is 39.3. The summed E-state index contributed by atoms with van der Waals surface area (Å²) in [5.74, 6) is -0.642. The number of carbonyl (C=O) groups is 2. The van der Waals surface area contributed by atoms with Crippen LogP contribution in [-0.2, 0) is 23.1 Å². The molecule has 182 valence electrons. The van der Waals surface area contributed by atoms with E-state index in [9.17, 15) is 24.1 Å². The molecule has 0 spiro atoms. The number of nitrogens with one attached hydrogen (secondary N) is 1. The Bertz CT molecular complexity index is 1100. The number of cyclic esters (lactones) is 1. The standard InChI is InChI=1S/C22H27FN6O5/c1-15(30)24-11-19-14-28(22(31)34-19)16-3-4-21(20(23)10-16)27-7-5-26(6-8-27)13-17-9-18(29(32)33)12-25(17)2/h3-4,9-10,12,19H,5-8,11,13-14H2,1-2H3,(H,24,30)/t19-/m0/s1. The Morgan fingerprint density at radius 1 is 1.26 bits per heavy atom. The highest BCUT2D eigenvalue weighted by Crippen LogP contribution is 2.29. The number of hydrogen-bond acceptors (Lipinski definition) is 7. The summed E-state index contributed by atoms with van der Waals surface area (Å²) in [5.41, 5.74) is 1.78. The van der Waals surface area contributed by atoms with Crippen LogP contribution < -0.4 is 15.1 Å². The van der Waals surface area contributed by atoms with Crippen molar-refractivity contribution in [2.45, 2.75) is 19.6 Å². The highest BCUT2D eigenvalue weighted by atomic mass is 19.1. The van der Waals surface area contributed by atoms with Gasteiger partial charge in [-0.1, -0.05) is 0 Å². The maximum absolute atomic E-state index is 15.0. The zero-order valence-electron chi connectivity index (χ0n) is 19.1. The minimum atomic E-state index is -0.572. The van der Waals surface area contributed by atoms with E-state index < -0.39 is 22.9 Å². The van der Waals surface area contributed by atoms with Crippen molar-refractivity contribution in [3.05, 3.63) is 52.1 Å². The minimum absolute atomic E-state index is 0.0709. The van der Waals surface area contributed by atoms with Crippen LogP contribution >= 0.6 is 0 Å². The number of benzene rings is 1. The molecule has 2 aliphatic rings. The van der Waals surface area contributed by atoms with Crippen molar-refractivity contribution in [2.24, 2.45) is 7.05 Å². The number of hydrogen-bond donors (Lipinski definition) is 1. The Morgan fingerprint density at radius 3 is 2.62 bits per heavy atom. The maximum Gasteiger partial charge on any atom is 0.414 e. The molecule has 1 N–H and O–H groups in total. The summed E-state index contributed by atoms with van der Waals surface area (Å²) in [5, 5.41) is 13.6. The van der Waals surface area contributed by atoms with Crippen LogP contribution in [0.1, 0.15) is 12.6 Å². The maximum atomic E-state index is 15.0. The summed E-state index contributed by atoms with van der Waals surface area (Å²) in [6, 6.07) is 6.26. The number of carbonyl (C=O) groups excluding carboxylic acids is 2. The van der Waals surface area contributed by atoms with Crippen LogP contribution in [0.4, 0.5) is 26.2 Å². The van der Waals surface area contributed by atoms with E-state index in [1.807, 2.05) is 4.90 Å². The van der Waals surface area contributed by atoms with Crippen LogP contribution in [0.2, 0.25) is 0 Å². The predicted octanol–water partition coefficient (Wildman–Crippen LogP) is 1.86. The van der Waals surface area contributed by atoms with Crippen LogP contribution in [0.3, 0.4) is 0 Å². The average Bonchev–Trinajstić information content (AvgIpc) is 3.35. The van der Waals surface area contributed by atoms with Gasteiger partial charge < -0.3 is 19.5 Å². The van der Waals surface area contributed by atoms with Gasteiger partial charge in [-0.05, 0) is 18.2 Å². The number of piperazine rings is 1. The Morgan fingerprint density at radius 2 is 2.00 bits per heavy atom. The molecule has 2 fully saturated rings. The molecule has 2 aromatic rings. The predicted molar refractivity (Wildman–Crippen MR) is 122 cm³/mol. The first-order valence-electron chi connectivity index (χ1n) is 11.0. The van der Waals surface area contributed by atoms with Gasteiger partial charge in [0.05, 0.1) is 35.6 Å². The monoisotopic (exact) mass is 474 g/mol. The minimum Gasteiger partial charge on any atom is -0.442 e. The van der Waals surface area contributed by atoms with Gasteiger partial charge >= 0.3 is 6.09 Å². The molecule has 1 aromatic heterocycles. The van der Waals surface area contributed by atoms with Gasteiger partial charge in [-0.25, -0.2) is 9.18 Å². The zero-order valence-corrected chi connectivity index (χ0v) is 19.1. The fourth-order valence-electron chi connectivity index (χ4n) is 4.24. The van der Waals surface area contributed by atoms with Gasteiger partial charge in [-0.15, -0.1) is 0 Å². The van der Waals surface area contributed by atoms with Crippen molar-refractivity contribution < 1.29 is 23.6 Å². The molecule has 0 bridgehead atoms. The van der Waals surface area contributed by atoms with E-state index in [1.165, 1.54) is 24.1 Å². The molecule has 0 unspecified atom stereocenters. The molecule has 34 heavy (non-hydrogen) atoms. The third-order valence-corrected chi connectivity index (χ3v) is 6.10. The summed E-state index contributed by atoms with van der Waals surface area (Å²) in [7, 11) is 1.79. The van der Waals surface area contributed by atoms with E-state index in [-0.39, 0.29) is 24.7 Å². The van der Waals surface area contributed by atoms with Gasteiger partial charge in [0.2, 0.25) is 5.91 Å². The molecule has 0 aliphatic carbocycles. The Balaban J connectivity index is 1.35. The number of nitrogens with zero attached hydrogens (tertiary/aromatic N) is 5. The Kier molecular flexibility index (Phi) is 6.68. The van der Waals surface area contributed by atoms with Crippen molar-refractivity contribution in [2.75, 3.05) is 49.1 Å². The van der Waals surface area contributed by atoms with Gasteiger partial charge in [0.1, 0.15) is 11.9 Å². The van der Waals surface area contributed by atoms with Gasteiger partial charge in [-0.3, -0.25) is 24.7 Å². The number of amides is 2. The number of rotatable bonds is 7. The van der Waals surface area contributed by atoms with Crippen molar-refractivity contribution in [1.82, 2.24) is 14.8 Å². The van der Waals surface area contributed by atoms with E-state index in [4.69, 9.17) is 4.74 Å². The second kappa shape index (κ2) is 9.67. The van der Waals surface area contributed by atoms with Crippen molar-refractivity contribution in [1.29, 1.82) is 0 Å². The first-order chi connectivity index (χ1) is 16.2. The molecule has 2 amide bonds. The smallest absolute Gasteiger partial charge is 0.414 e. The third-order valence-electron chi connectivity index (χ3n) is 6.10. The third kappa shape index (κ3) is 5.11. The number of nitro groups is 1. The number of aryl methyl sites for hydroxylation is 1. The molecule has 1 atom stereocenters. The lowest BCUT2D eigenvalue weighted by atomic mass is 10.2. The van der Waals surface area contributed by atoms with Gasteiger partial charge in [0, 0.05) is 58.5 Å². The van der Waals surface area contributed by atoms with Crippen molar-refractivity contribution in [3.8, 4) is 0 Å². The molecule has 2 aliphatic heterocycles. The molecule has 11 nitrogen and oxygen atoms in total. The zero-order chi connectivity index (χ0) is 24.4. The molecule has 2 saturated heterocycles. The molecular weight excluding hydrogens is 447 g/mol. The van der Waals surface area contributed by atoms with E-state index in [0.29, 0.717) is 44.1 Å². The van der Waals surface area contributed by atoms with Crippen LogP contribution in [0.5, 0.6) is 0 Å². The second-order valence-electron chi connectivity index (χ2n) is 8.51. The summed E-state index contributed by atoms with van der Waals surface area (Å²) >= 11 is 0. The normalized spacial score (nSPS) is 18.8. The lowest BCUT2D eigenvalue weighted by molar-refractivity contribution is -0.384. The first kappa shape index (κ1) is 23.5. The molecule has 4 rings (SSSR count). The van der Waals surface area contributed by atoms with E-state index in [2.05, 4.69) is 10.2 Å². The highest BCUT2D eigenvalue weighted by molar-refractivity contribution is 5.90. The SMILES string of the molecule is CC(=O)NC[C@H]1CN(c2ccc(N3CCN(Cc4cc([N+](=O)[O-])cn4C)CC3)c(F)c2)C(=O)O1. The van der Waals surface area contributed by atoms with Crippen LogP contribution in [0.25, 0.3) is 0 Å². The van der Waals surface area contributed by atoms with Gasteiger partial charge in [-0.2, -0.15) is 0 Å². The van der Waals surface area contributed by atoms with Crippen molar-refractivity contribution in [3.63, 3.8) is 0 Å². The summed E-state index contributed by atoms with van der Waals surface area (Å²) in [6.45, 7) is 4.98. The number of anilines is 2. The van der Waals surface area contributed by atoms with Crippen LogP contribution in [0, 0.1) is 15.9 Å². The quantitative estimate of drug-likeness (QED) is 0.481. The molecule has 0 saturated carbocycles. The molecule has 3 heterocycles. The molecule has 0 radical (unpaired) electrons. The fraction of sp³-hybridized carbons (Fsp3) is 0.455. The Hall–Kier alpha value is -3.67. The average molecular weight is 474 g/mol. The van der Waals surface area contributed by atoms with E-state index >= 15 is 0 Å². The second-order valence-corrected chi connectivity index (χ2v) is 8.51. The van der Waals surface area contributed by atoms with Gasteiger partial charge in [0.15, 0.2) is 0 Å². The topological polar surface area (TPSA) is 113 Å². The Labute approximate surface area is 195 Å². The largest absolute Gasteiger partial charge is 0.442 e. The van der Waals surface area contributed by atoms with Crippen LogP contribution in [0.15, 0.2) is 30.5 Å². The number of aromatic nitrogens is 1. The lowest BCUT2D eigenvalue weighted by Gasteiger charge is -2.36. The number of halogens is 1. The lowest BCUT2D eigenvalue weighted by Crippen LogP contribution is -2.46.